The van der Waals surface area contributed by atoms with Gasteiger partial charge in [-0.2, -0.15) is 0 Å². The second-order valence-electron chi connectivity index (χ2n) is 4.92. The van der Waals surface area contributed by atoms with Crippen LogP contribution < -0.4 is 10.1 Å². The molecule has 2 heterocycles. The van der Waals surface area contributed by atoms with Gasteiger partial charge in [-0.25, -0.2) is 9.37 Å². The van der Waals surface area contributed by atoms with Crippen LogP contribution in [0.25, 0.3) is 0 Å². The van der Waals surface area contributed by atoms with E-state index in [1.165, 1.54) is 41.8 Å². The molecule has 25 heavy (non-hydrogen) atoms. The van der Waals surface area contributed by atoms with Crippen LogP contribution >= 0.6 is 34.5 Å². The summed E-state index contributed by atoms with van der Waals surface area (Å²) in [6.45, 7) is 0.236. The number of hydrogen-bond donors (Lipinski definition) is 1. The Balaban J connectivity index is 1.74. The standard InChI is InChI=1S/C17H11Cl2FN2O2S/c18-13-9-25-14(15(13)19)8-22-16(23)12-2-1-7-21-17(12)24-11-5-3-10(20)4-6-11/h1-7,9H,8H2,(H,22,23). The normalized spacial score (nSPS) is 10.5. The van der Waals surface area contributed by atoms with Crippen molar-refractivity contribution in [2.75, 3.05) is 0 Å². The molecule has 3 rings (SSSR count). The van der Waals surface area contributed by atoms with Crippen molar-refractivity contribution in [3.63, 3.8) is 0 Å². The highest BCUT2D eigenvalue weighted by Gasteiger charge is 2.16. The van der Waals surface area contributed by atoms with Crippen LogP contribution in [-0.2, 0) is 6.54 Å². The number of thiophene rings is 1. The lowest BCUT2D eigenvalue weighted by molar-refractivity contribution is 0.0948. The van der Waals surface area contributed by atoms with Gasteiger partial charge in [0.05, 0.1) is 16.6 Å². The molecule has 128 valence electrons. The quantitative estimate of drug-likeness (QED) is 0.635. The molecule has 0 spiro atoms. The van der Waals surface area contributed by atoms with Crippen molar-refractivity contribution in [1.82, 2.24) is 10.3 Å². The molecule has 0 aliphatic rings. The van der Waals surface area contributed by atoms with E-state index in [1.54, 1.807) is 17.5 Å². The molecule has 0 aliphatic heterocycles. The van der Waals surface area contributed by atoms with Gasteiger partial charge < -0.3 is 10.1 Å². The minimum atomic E-state index is -0.377. The third-order valence-corrected chi connectivity index (χ3v) is 5.27. The number of hydrogen-bond acceptors (Lipinski definition) is 4. The maximum Gasteiger partial charge on any atom is 0.257 e. The van der Waals surface area contributed by atoms with Crippen LogP contribution in [0, 0.1) is 5.82 Å². The first-order chi connectivity index (χ1) is 12.0. The van der Waals surface area contributed by atoms with E-state index in [4.69, 9.17) is 27.9 Å². The number of rotatable bonds is 5. The molecule has 2 aromatic heterocycles. The van der Waals surface area contributed by atoms with Gasteiger partial charge in [0.1, 0.15) is 17.1 Å². The zero-order valence-electron chi connectivity index (χ0n) is 12.6. The maximum atomic E-state index is 13.0. The minimum Gasteiger partial charge on any atom is -0.438 e. The molecule has 3 aromatic rings. The number of ether oxygens (including phenoxy) is 1. The Hall–Kier alpha value is -2.15. The van der Waals surface area contributed by atoms with Crippen LogP contribution in [0.4, 0.5) is 4.39 Å². The Kier molecular flexibility index (Phi) is 5.53. The molecule has 0 atom stereocenters. The van der Waals surface area contributed by atoms with Crippen LogP contribution in [0.2, 0.25) is 10.0 Å². The highest BCUT2D eigenvalue weighted by Crippen LogP contribution is 2.31. The smallest absolute Gasteiger partial charge is 0.257 e. The summed E-state index contributed by atoms with van der Waals surface area (Å²) in [7, 11) is 0. The van der Waals surface area contributed by atoms with Crippen molar-refractivity contribution in [3.05, 3.63) is 74.3 Å². The third-order valence-electron chi connectivity index (χ3n) is 3.21. The number of aromatic nitrogens is 1. The fourth-order valence-electron chi connectivity index (χ4n) is 1.99. The first-order valence-corrected chi connectivity index (χ1v) is 8.76. The van der Waals surface area contributed by atoms with Gasteiger partial charge in [-0.15, -0.1) is 11.3 Å². The maximum absolute atomic E-state index is 13.0. The first-order valence-electron chi connectivity index (χ1n) is 7.12. The van der Waals surface area contributed by atoms with Gasteiger partial charge >= 0.3 is 0 Å². The SMILES string of the molecule is O=C(NCc1scc(Cl)c1Cl)c1cccnc1Oc1ccc(F)cc1. The monoisotopic (exact) mass is 396 g/mol. The van der Waals surface area contributed by atoms with Gasteiger partial charge in [-0.3, -0.25) is 4.79 Å². The van der Waals surface area contributed by atoms with Crippen molar-refractivity contribution >= 4 is 40.4 Å². The molecular formula is C17H11Cl2FN2O2S. The fraction of sp³-hybridized carbons (Fsp3) is 0.0588. The van der Waals surface area contributed by atoms with Crippen molar-refractivity contribution in [3.8, 4) is 11.6 Å². The topological polar surface area (TPSA) is 51.2 Å². The second-order valence-corrected chi connectivity index (χ2v) is 6.66. The summed E-state index contributed by atoms with van der Waals surface area (Å²) in [6.07, 6.45) is 1.51. The van der Waals surface area contributed by atoms with E-state index in [1.807, 2.05) is 0 Å². The van der Waals surface area contributed by atoms with Crippen LogP contribution in [0.15, 0.2) is 48.0 Å². The molecule has 0 bridgehead atoms. The highest BCUT2D eigenvalue weighted by atomic mass is 35.5. The van der Waals surface area contributed by atoms with Crippen LogP contribution in [-0.4, -0.2) is 10.9 Å². The fourth-order valence-corrected chi connectivity index (χ4v) is 3.35. The summed E-state index contributed by atoms with van der Waals surface area (Å²) in [5.41, 5.74) is 0.255. The highest BCUT2D eigenvalue weighted by molar-refractivity contribution is 7.11. The van der Waals surface area contributed by atoms with Gasteiger partial charge in [0.15, 0.2) is 0 Å². The Morgan fingerprint density at radius 1 is 1.24 bits per heavy atom. The van der Waals surface area contributed by atoms with E-state index in [0.717, 1.165) is 4.88 Å². The number of benzene rings is 1. The summed E-state index contributed by atoms with van der Waals surface area (Å²) >= 11 is 13.3. The van der Waals surface area contributed by atoms with E-state index >= 15 is 0 Å². The predicted molar refractivity (Wildman–Crippen MR) is 96.2 cm³/mol. The summed E-state index contributed by atoms with van der Waals surface area (Å²) in [5, 5.41) is 5.35. The number of halogens is 3. The molecule has 0 fully saturated rings. The van der Waals surface area contributed by atoms with Gasteiger partial charge in [-0.05, 0) is 36.4 Å². The molecule has 0 saturated carbocycles. The molecule has 0 unspecified atom stereocenters. The molecule has 1 amide bonds. The van der Waals surface area contributed by atoms with Crippen molar-refractivity contribution in [2.24, 2.45) is 0 Å². The number of nitrogens with zero attached hydrogens (tertiary/aromatic N) is 1. The number of carbonyl (C=O) groups is 1. The van der Waals surface area contributed by atoms with E-state index < -0.39 is 0 Å². The number of nitrogens with one attached hydrogen (secondary N) is 1. The third kappa shape index (κ3) is 4.28. The zero-order chi connectivity index (χ0) is 17.8. The molecule has 0 saturated heterocycles. The van der Waals surface area contributed by atoms with Gasteiger partial charge in [0.25, 0.3) is 5.91 Å². The second kappa shape index (κ2) is 7.82. The van der Waals surface area contributed by atoms with Crippen molar-refractivity contribution in [1.29, 1.82) is 0 Å². The molecule has 8 heteroatoms. The van der Waals surface area contributed by atoms with E-state index in [9.17, 15) is 9.18 Å². The van der Waals surface area contributed by atoms with Gasteiger partial charge in [-0.1, -0.05) is 23.2 Å². The summed E-state index contributed by atoms with van der Waals surface area (Å²) < 4.78 is 18.6. The number of pyridine rings is 1. The minimum absolute atomic E-state index is 0.127. The molecule has 0 aliphatic carbocycles. The van der Waals surface area contributed by atoms with Crippen molar-refractivity contribution < 1.29 is 13.9 Å². The number of amides is 1. The first kappa shape index (κ1) is 17.7. The van der Waals surface area contributed by atoms with Crippen LogP contribution in [0.3, 0.4) is 0 Å². The Labute approximate surface area is 157 Å². The lowest BCUT2D eigenvalue weighted by Gasteiger charge is -2.10. The summed E-state index contributed by atoms with van der Waals surface area (Å²) in [6, 6.07) is 8.66. The largest absolute Gasteiger partial charge is 0.438 e. The molecule has 1 N–H and O–H groups in total. The van der Waals surface area contributed by atoms with Crippen LogP contribution in [0.1, 0.15) is 15.2 Å². The molecule has 1 aromatic carbocycles. The Bertz CT molecular complexity index is 900. The van der Waals surface area contributed by atoms with Gasteiger partial charge in [0.2, 0.25) is 5.88 Å². The average molecular weight is 397 g/mol. The number of carbonyl (C=O) groups excluding carboxylic acids is 1. The zero-order valence-corrected chi connectivity index (χ0v) is 15.0. The average Bonchev–Trinajstić information content (AvgIpc) is 2.94. The van der Waals surface area contributed by atoms with E-state index in [2.05, 4.69) is 10.3 Å². The van der Waals surface area contributed by atoms with Crippen LogP contribution in [0.5, 0.6) is 11.6 Å². The Morgan fingerprint density at radius 2 is 2.00 bits per heavy atom. The lowest BCUT2D eigenvalue weighted by atomic mass is 10.2. The van der Waals surface area contributed by atoms with Crippen molar-refractivity contribution in [2.45, 2.75) is 6.54 Å². The van der Waals surface area contributed by atoms with E-state index in [0.29, 0.717) is 15.8 Å². The summed E-state index contributed by atoms with van der Waals surface area (Å²) in [4.78, 5) is 17.3. The molecular weight excluding hydrogens is 386 g/mol. The predicted octanol–water partition coefficient (Wildman–Crippen LogP) is 5.31. The summed E-state index contributed by atoms with van der Waals surface area (Å²) in [5.74, 6) is -0.243. The Morgan fingerprint density at radius 3 is 2.68 bits per heavy atom. The van der Waals surface area contributed by atoms with E-state index in [-0.39, 0.29) is 29.7 Å². The lowest BCUT2D eigenvalue weighted by Crippen LogP contribution is -2.23. The van der Waals surface area contributed by atoms with Gasteiger partial charge in [0, 0.05) is 16.5 Å². The molecule has 4 nitrogen and oxygen atoms in total. The molecule has 0 radical (unpaired) electrons.